The molecule has 0 radical (unpaired) electrons. The highest BCUT2D eigenvalue weighted by molar-refractivity contribution is 9.08. The minimum Gasteiger partial charge on any atom is -0.371 e. The van der Waals surface area contributed by atoms with Crippen molar-refractivity contribution >= 4 is 21.6 Å². The van der Waals surface area contributed by atoms with Crippen molar-refractivity contribution in [1.82, 2.24) is 0 Å². The first-order valence-corrected chi connectivity index (χ1v) is 8.04. The zero-order valence-electron chi connectivity index (χ0n) is 11.2. The van der Waals surface area contributed by atoms with Gasteiger partial charge in [0.1, 0.15) is 5.82 Å². The Bertz CT molecular complexity index is 585. The van der Waals surface area contributed by atoms with Crippen LogP contribution in [-0.4, -0.2) is 13.1 Å². The van der Waals surface area contributed by atoms with E-state index in [9.17, 15) is 4.39 Å². The first-order chi connectivity index (χ1) is 9.78. The smallest absolute Gasteiger partial charge is 0.123 e. The van der Waals surface area contributed by atoms with Crippen LogP contribution in [0.1, 0.15) is 23.5 Å². The van der Waals surface area contributed by atoms with Gasteiger partial charge in [0, 0.05) is 30.0 Å². The molecule has 0 amide bonds. The monoisotopic (exact) mass is 333 g/mol. The van der Waals surface area contributed by atoms with Gasteiger partial charge in [-0.2, -0.15) is 0 Å². The molecule has 0 spiro atoms. The maximum atomic E-state index is 13.3. The Balaban J connectivity index is 1.81. The largest absolute Gasteiger partial charge is 0.371 e. The van der Waals surface area contributed by atoms with Crippen LogP contribution in [-0.2, 0) is 5.33 Å². The molecule has 2 aromatic rings. The molecular formula is C17H17BrFN. The van der Waals surface area contributed by atoms with Crippen molar-refractivity contribution in [1.29, 1.82) is 0 Å². The fourth-order valence-electron chi connectivity index (χ4n) is 2.95. The fourth-order valence-corrected chi connectivity index (χ4v) is 3.40. The molecule has 1 aliphatic rings. The van der Waals surface area contributed by atoms with Crippen molar-refractivity contribution < 1.29 is 4.39 Å². The Kier molecular flexibility index (Phi) is 4.06. The third kappa shape index (κ3) is 2.73. The van der Waals surface area contributed by atoms with Gasteiger partial charge in [-0.25, -0.2) is 4.39 Å². The van der Waals surface area contributed by atoms with Gasteiger partial charge < -0.3 is 4.90 Å². The van der Waals surface area contributed by atoms with E-state index in [1.54, 1.807) is 12.1 Å². The number of hydrogen-bond donors (Lipinski definition) is 0. The predicted molar refractivity (Wildman–Crippen MR) is 85.0 cm³/mol. The zero-order chi connectivity index (χ0) is 13.9. The number of anilines is 1. The topological polar surface area (TPSA) is 3.24 Å². The SMILES string of the molecule is Fc1ccc(N2CCC(c3ccccc3)C2)c(CBr)c1. The van der Waals surface area contributed by atoms with Gasteiger partial charge in [0.15, 0.2) is 0 Å². The molecule has 0 aliphatic carbocycles. The second kappa shape index (κ2) is 5.96. The highest BCUT2D eigenvalue weighted by Gasteiger charge is 2.25. The highest BCUT2D eigenvalue weighted by atomic mass is 79.9. The summed E-state index contributed by atoms with van der Waals surface area (Å²) in [5.74, 6) is 0.409. The van der Waals surface area contributed by atoms with Crippen molar-refractivity contribution in [2.24, 2.45) is 0 Å². The van der Waals surface area contributed by atoms with Crippen molar-refractivity contribution in [2.75, 3.05) is 18.0 Å². The molecule has 1 saturated heterocycles. The average molecular weight is 334 g/mol. The van der Waals surface area contributed by atoms with Crippen LogP contribution in [0.4, 0.5) is 10.1 Å². The fraction of sp³-hybridized carbons (Fsp3) is 0.294. The van der Waals surface area contributed by atoms with E-state index in [1.165, 1.54) is 5.56 Å². The van der Waals surface area contributed by atoms with Gasteiger partial charge in [0.2, 0.25) is 0 Å². The van der Waals surface area contributed by atoms with Crippen LogP contribution >= 0.6 is 15.9 Å². The second-order valence-corrected chi connectivity index (χ2v) is 5.81. The van der Waals surface area contributed by atoms with Crippen LogP contribution < -0.4 is 4.90 Å². The lowest BCUT2D eigenvalue weighted by molar-refractivity contribution is 0.626. The molecule has 20 heavy (non-hydrogen) atoms. The molecule has 1 nitrogen and oxygen atoms in total. The Hall–Kier alpha value is -1.35. The van der Waals surface area contributed by atoms with E-state index in [-0.39, 0.29) is 5.82 Å². The summed E-state index contributed by atoms with van der Waals surface area (Å²) >= 11 is 3.46. The van der Waals surface area contributed by atoms with Crippen molar-refractivity contribution in [3.8, 4) is 0 Å². The van der Waals surface area contributed by atoms with Gasteiger partial charge in [-0.15, -0.1) is 0 Å². The third-order valence-electron chi connectivity index (χ3n) is 3.99. The minimum atomic E-state index is -0.165. The predicted octanol–water partition coefficient (Wildman–Crippen LogP) is 4.71. The summed E-state index contributed by atoms with van der Waals surface area (Å²) in [7, 11) is 0. The summed E-state index contributed by atoms with van der Waals surface area (Å²) in [6, 6.07) is 15.7. The molecule has 1 atom stereocenters. The van der Waals surface area contributed by atoms with Gasteiger partial charge >= 0.3 is 0 Å². The van der Waals surface area contributed by atoms with E-state index in [2.05, 4.69) is 51.2 Å². The van der Waals surface area contributed by atoms with Crippen LogP contribution in [0.15, 0.2) is 48.5 Å². The molecule has 1 fully saturated rings. The first-order valence-electron chi connectivity index (χ1n) is 6.92. The molecule has 3 rings (SSSR count). The molecule has 0 bridgehead atoms. The molecule has 1 heterocycles. The maximum Gasteiger partial charge on any atom is 0.123 e. The normalized spacial score (nSPS) is 18.5. The highest BCUT2D eigenvalue weighted by Crippen LogP contribution is 2.33. The maximum absolute atomic E-state index is 13.3. The molecule has 1 unspecified atom stereocenters. The summed E-state index contributed by atoms with van der Waals surface area (Å²) in [5, 5.41) is 0.687. The number of nitrogens with zero attached hydrogens (tertiary/aromatic N) is 1. The minimum absolute atomic E-state index is 0.165. The number of halogens is 2. The van der Waals surface area contributed by atoms with E-state index in [4.69, 9.17) is 0 Å². The van der Waals surface area contributed by atoms with E-state index in [0.29, 0.717) is 11.2 Å². The van der Waals surface area contributed by atoms with E-state index in [0.717, 1.165) is 30.8 Å². The quantitative estimate of drug-likeness (QED) is 0.735. The van der Waals surface area contributed by atoms with Crippen LogP contribution in [0.2, 0.25) is 0 Å². The van der Waals surface area contributed by atoms with Crippen LogP contribution in [0.25, 0.3) is 0 Å². The average Bonchev–Trinajstić information content (AvgIpc) is 2.97. The van der Waals surface area contributed by atoms with Gasteiger partial charge in [-0.05, 0) is 35.7 Å². The van der Waals surface area contributed by atoms with Crippen LogP contribution in [0.5, 0.6) is 0 Å². The lowest BCUT2D eigenvalue weighted by atomic mass is 9.99. The molecular weight excluding hydrogens is 317 g/mol. The molecule has 0 aromatic heterocycles. The van der Waals surface area contributed by atoms with Crippen molar-refractivity contribution in [3.63, 3.8) is 0 Å². The Morgan fingerprint density at radius 3 is 2.70 bits per heavy atom. The Morgan fingerprint density at radius 2 is 1.95 bits per heavy atom. The number of benzene rings is 2. The summed E-state index contributed by atoms with van der Waals surface area (Å²) in [6.07, 6.45) is 1.16. The molecule has 0 saturated carbocycles. The van der Waals surface area contributed by atoms with Crippen molar-refractivity contribution in [2.45, 2.75) is 17.7 Å². The summed E-state index contributed by atoms with van der Waals surface area (Å²) in [5.41, 5.74) is 3.58. The van der Waals surface area contributed by atoms with E-state index < -0.39 is 0 Å². The van der Waals surface area contributed by atoms with Gasteiger partial charge in [0.25, 0.3) is 0 Å². The zero-order valence-corrected chi connectivity index (χ0v) is 12.8. The molecule has 3 heteroatoms. The molecule has 2 aromatic carbocycles. The third-order valence-corrected chi connectivity index (χ3v) is 4.59. The van der Waals surface area contributed by atoms with Crippen LogP contribution in [0.3, 0.4) is 0 Å². The van der Waals surface area contributed by atoms with Crippen molar-refractivity contribution in [3.05, 3.63) is 65.5 Å². The number of alkyl halides is 1. The first kappa shape index (κ1) is 13.6. The van der Waals surface area contributed by atoms with Gasteiger partial charge in [-0.3, -0.25) is 0 Å². The van der Waals surface area contributed by atoms with Gasteiger partial charge in [0.05, 0.1) is 0 Å². The summed E-state index contributed by atoms with van der Waals surface area (Å²) in [6.45, 7) is 2.04. The number of hydrogen-bond acceptors (Lipinski definition) is 1. The van der Waals surface area contributed by atoms with E-state index >= 15 is 0 Å². The molecule has 104 valence electrons. The standard InChI is InChI=1S/C17H17BrFN/c18-11-15-10-16(19)6-7-17(15)20-9-8-14(12-20)13-4-2-1-3-5-13/h1-7,10,14H,8-9,11-12H2. The Morgan fingerprint density at radius 1 is 1.15 bits per heavy atom. The summed E-state index contributed by atoms with van der Waals surface area (Å²) in [4.78, 5) is 2.37. The summed E-state index contributed by atoms with van der Waals surface area (Å²) < 4.78 is 13.3. The van der Waals surface area contributed by atoms with Crippen LogP contribution in [0, 0.1) is 5.82 Å². The van der Waals surface area contributed by atoms with E-state index in [1.807, 2.05) is 6.07 Å². The lowest BCUT2D eigenvalue weighted by Gasteiger charge is -2.21. The lowest BCUT2D eigenvalue weighted by Crippen LogP contribution is -2.20. The second-order valence-electron chi connectivity index (χ2n) is 5.25. The number of rotatable bonds is 3. The molecule has 1 aliphatic heterocycles. The Labute approximate surface area is 127 Å². The van der Waals surface area contributed by atoms with Gasteiger partial charge in [-0.1, -0.05) is 46.3 Å². The molecule has 0 N–H and O–H groups in total.